The van der Waals surface area contributed by atoms with E-state index in [2.05, 4.69) is 6.92 Å². The number of hydrogen-bond donors (Lipinski definition) is 0. The second-order valence-corrected chi connectivity index (χ2v) is 13.8. The van der Waals surface area contributed by atoms with Crippen molar-refractivity contribution >= 4 is 0 Å². The van der Waals surface area contributed by atoms with E-state index in [0.29, 0.717) is 33.9 Å². The van der Waals surface area contributed by atoms with Gasteiger partial charge in [0, 0.05) is 12.0 Å². The van der Waals surface area contributed by atoms with Crippen LogP contribution in [0.2, 0.25) is 0 Å². The van der Waals surface area contributed by atoms with E-state index in [4.69, 9.17) is 9.47 Å². The Morgan fingerprint density at radius 1 is 0.515 bits per heavy atom. The monoisotopic (exact) mass is 456 g/mol. The van der Waals surface area contributed by atoms with Crippen molar-refractivity contribution in [3.63, 3.8) is 0 Å². The Kier molecular flexibility index (Phi) is 6.43. The average Bonchev–Trinajstić information content (AvgIpc) is 3.61. The second kappa shape index (κ2) is 9.10. The van der Waals surface area contributed by atoms with Crippen LogP contribution in [0.3, 0.4) is 0 Å². The van der Waals surface area contributed by atoms with Gasteiger partial charge in [0.25, 0.3) is 0 Å². The maximum absolute atomic E-state index is 7.38. The van der Waals surface area contributed by atoms with Crippen molar-refractivity contribution in [1.29, 1.82) is 0 Å². The Morgan fingerprint density at radius 3 is 1.61 bits per heavy atom. The van der Waals surface area contributed by atoms with Crippen molar-refractivity contribution in [3.05, 3.63) is 0 Å². The van der Waals surface area contributed by atoms with E-state index < -0.39 is 0 Å². The zero-order valence-corrected chi connectivity index (χ0v) is 21.8. The van der Waals surface area contributed by atoms with Crippen molar-refractivity contribution < 1.29 is 9.47 Å². The smallest absolute Gasteiger partial charge is 0.0690 e. The van der Waals surface area contributed by atoms with Gasteiger partial charge in [-0.05, 0) is 106 Å². The lowest BCUT2D eigenvalue weighted by Crippen LogP contribution is -2.48. The fourth-order valence-corrected chi connectivity index (χ4v) is 11.1. The van der Waals surface area contributed by atoms with Crippen molar-refractivity contribution in [2.24, 2.45) is 27.6 Å². The van der Waals surface area contributed by atoms with Gasteiger partial charge in [-0.2, -0.15) is 0 Å². The van der Waals surface area contributed by atoms with E-state index in [-0.39, 0.29) is 0 Å². The summed E-state index contributed by atoms with van der Waals surface area (Å²) in [5, 5.41) is 0. The summed E-state index contributed by atoms with van der Waals surface area (Å²) in [5.41, 5.74) is 2.01. The maximum Gasteiger partial charge on any atom is 0.0690 e. The van der Waals surface area contributed by atoms with E-state index >= 15 is 0 Å². The van der Waals surface area contributed by atoms with Crippen LogP contribution in [0, 0.1) is 27.6 Å². The largest absolute Gasteiger partial charge is 0.377 e. The van der Waals surface area contributed by atoms with E-state index in [0.717, 1.165) is 19.1 Å². The van der Waals surface area contributed by atoms with Gasteiger partial charge in [-0.3, -0.25) is 0 Å². The molecule has 0 aliphatic heterocycles. The molecule has 3 atom stereocenters. The van der Waals surface area contributed by atoms with Gasteiger partial charge in [0.15, 0.2) is 0 Å². The fraction of sp³-hybridized carbons (Fsp3) is 1.00. The summed E-state index contributed by atoms with van der Waals surface area (Å²) in [6.07, 6.45) is 31.4. The molecule has 6 aliphatic rings. The van der Waals surface area contributed by atoms with Crippen LogP contribution in [-0.4, -0.2) is 25.4 Å². The summed E-state index contributed by atoms with van der Waals surface area (Å²) in [6, 6.07) is 0. The van der Waals surface area contributed by atoms with Gasteiger partial charge in [0.1, 0.15) is 0 Å². The van der Waals surface area contributed by atoms with Gasteiger partial charge in [-0.25, -0.2) is 0 Å². The molecular formula is C31H52O2. The molecule has 6 rings (SSSR count). The summed E-state index contributed by atoms with van der Waals surface area (Å²) in [6.45, 7) is 4.19. The Morgan fingerprint density at radius 2 is 1.03 bits per heavy atom. The molecule has 0 aromatic heterocycles. The molecule has 188 valence electrons. The third kappa shape index (κ3) is 3.70. The normalized spacial score (nSPS) is 39.5. The first-order valence-corrected chi connectivity index (χ1v) is 15.4. The lowest BCUT2D eigenvalue weighted by atomic mass is 9.64. The minimum absolute atomic E-state index is 0.429. The van der Waals surface area contributed by atoms with Crippen LogP contribution in [0.25, 0.3) is 0 Å². The zero-order chi connectivity index (χ0) is 22.4. The molecule has 0 radical (unpaired) electrons. The molecule has 0 aromatic rings. The van der Waals surface area contributed by atoms with Gasteiger partial charge >= 0.3 is 0 Å². The highest BCUT2D eigenvalue weighted by atomic mass is 16.5. The molecule has 4 spiro atoms. The van der Waals surface area contributed by atoms with Crippen molar-refractivity contribution in [2.75, 3.05) is 13.2 Å². The molecule has 3 unspecified atom stereocenters. The fourth-order valence-electron chi connectivity index (χ4n) is 11.1. The summed E-state index contributed by atoms with van der Waals surface area (Å²) in [7, 11) is 0. The standard InChI is InChI=1S/C31H52O2/c1-2-32-27-30(17-9-10-18-30)22-23-31(27)19-11-12-25(31)24-33-26-28(13-5-3-6-14-28)20-21-29(26)15-7-4-8-16-29/h25-27H,2-24H2,1H3. The summed E-state index contributed by atoms with van der Waals surface area (Å²) < 4.78 is 14.1. The summed E-state index contributed by atoms with van der Waals surface area (Å²) >= 11 is 0. The van der Waals surface area contributed by atoms with E-state index in [9.17, 15) is 0 Å². The quantitative estimate of drug-likeness (QED) is 0.412. The summed E-state index contributed by atoms with van der Waals surface area (Å²) in [4.78, 5) is 0. The van der Waals surface area contributed by atoms with Crippen LogP contribution in [-0.2, 0) is 9.47 Å². The van der Waals surface area contributed by atoms with Crippen molar-refractivity contribution in [3.8, 4) is 0 Å². The van der Waals surface area contributed by atoms with Crippen LogP contribution in [0.15, 0.2) is 0 Å². The maximum atomic E-state index is 7.38. The number of rotatable bonds is 5. The van der Waals surface area contributed by atoms with E-state index in [1.807, 2.05) is 0 Å². The lowest BCUT2D eigenvalue weighted by Gasteiger charge is -2.48. The lowest BCUT2D eigenvalue weighted by molar-refractivity contribution is -0.141. The van der Waals surface area contributed by atoms with Gasteiger partial charge in [-0.15, -0.1) is 0 Å². The zero-order valence-electron chi connectivity index (χ0n) is 21.8. The summed E-state index contributed by atoms with van der Waals surface area (Å²) in [5.74, 6) is 0.746. The minimum Gasteiger partial charge on any atom is -0.377 e. The Labute approximate surface area is 204 Å². The van der Waals surface area contributed by atoms with Gasteiger partial charge in [0.05, 0.1) is 18.8 Å². The molecule has 0 saturated heterocycles. The van der Waals surface area contributed by atoms with Gasteiger partial charge in [0.2, 0.25) is 0 Å². The Bertz CT molecular complexity index is 640. The first-order valence-electron chi connectivity index (χ1n) is 15.4. The third-order valence-corrected chi connectivity index (χ3v) is 12.5. The highest BCUT2D eigenvalue weighted by Gasteiger charge is 2.63. The highest BCUT2D eigenvalue weighted by molar-refractivity contribution is 5.12. The van der Waals surface area contributed by atoms with E-state index in [1.165, 1.54) is 135 Å². The van der Waals surface area contributed by atoms with Crippen LogP contribution >= 0.6 is 0 Å². The van der Waals surface area contributed by atoms with Crippen LogP contribution in [0.4, 0.5) is 0 Å². The number of ether oxygens (including phenoxy) is 2. The van der Waals surface area contributed by atoms with Gasteiger partial charge in [-0.1, -0.05) is 57.8 Å². The average molecular weight is 457 g/mol. The second-order valence-electron chi connectivity index (χ2n) is 13.8. The topological polar surface area (TPSA) is 18.5 Å². The first-order chi connectivity index (χ1) is 16.2. The van der Waals surface area contributed by atoms with Crippen LogP contribution in [0.1, 0.15) is 142 Å². The molecule has 0 N–H and O–H groups in total. The molecule has 2 heteroatoms. The molecule has 33 heavy (non-hydrogen) atoms. The van der Waals surface area contributed by atoms with Crippen LogP contribution in [0.5, 0.6) is 0 Å². The minimum atomic E-state index is 0.429. The molecule has 6 saturated carbocycles. The molecule has 0 amide bonds. The highest BCUT2D eigenvalue weighted by Crippen LogP contribution is 2.67. The predicted molar refractivity (Wildman–Crippen MR) is 135 cm³/mol. The Hall–Kier alpha value is -0.0800. The van der Waals surface area contributed by atoms with Crippen LogP contribution < -0.4 is 0 Å². The predicted octanol–water partition coefficient (Wildman–Crippen LogP) is 8.61. The van der Waals surface area contributed by atoms with E-state index in [1.54, 1.807) is 0 Å². The molecule has 0 aromatic carbocycles. The SMILES string of the molecule is CCOC1C2(CCCC2)CCC12CCCC2COC1C2(CCCCC2)CCC12CCCCC2. The van der Waals surface area contributed by atoms with Crippen molar-refractivity contribution in [2.45, 2.75) is 154 Å². The molecule has 2 nitrogen and oxygen atoms in total. The molecule has 0 bridgehead atoms. The molecule has 6 aliphatic carbocycles. The van der Waals surface area contributed by atoms with Crippen molar-refractivity contribution in [1.82, 2.24) is 0 Å². The molecular weight excluding hydrogens is 404 g/mol. The van der Waals surface area contributed by atoms with Gasteiger partial charge < -0.3 is 9.47 Å². The first kappa shape index (κ1) is 23.3. The molecule has 6 fully saturated rings. The molecule has 0 heterocycles. The Balaban J connectivity index is 1.23. The number of hydrogen-bond acceptors (Lipinski definition) is 2. The third-order valence-electron chi connectivity index (χ3n) is 12.5.